The molecule has 1 aliphatic rings. The maximum atomic E-state index is 12.9. The van der Waals surface area contributed by atoms with E-state index in [9.17, 15) is 9.59 Å². The largest absolute Gasteiger partial charge is 0.480 e. The van der Waals surface area contributed by atoms with Gasteiger partial charge < -0.3 is 21.1 Å². The monoisotopic (exact) mass is 442 g/mol. The number of hydrogen-bond donors (Lipinski definition) is 3. The summed E-state index contributed by atoms with van der Waals surface area (Å²) in [4.78, 5) is 37.9. The number of amides is 2. The Morgan fingerprint density at radius 1 is 1.15 bits per heavy atom. The third kappa shape index (κ3) is 4.72. The molecule has 2 amide bonds. The Morgan fingerprint density at radius 2 is 1.94 bits per heavy atom. The molecule has 9 nitrogen and oxygen atoms in total. The first-order valence-corrected chi connectivity index (χ1v) is 10.2. The molecule has 1 fully saturated rings. The summed E-state index contributed by atoms with van der Waals surface area (Å²) in [5.74, 6) is -0.559. The van der Waals surface area contributed by atoms with Gasteiger partial charge in [0.25, 0.3) is 5.91 Å². The first-order chi connectivity index (χ1) is 16.1. The van der Waals surface area contributed by atoms with Gasteiger partial charge in [-0.15, -0.1) is 0 Å². The topological polar surface area (TPSA) is 132 Å². The summed E-state index contributed by atoms with van der Waals surface area (Å²) in [7, 11) is 1.46. The van der Waals surface area contributed by atoms with E-state index in [-0.39, 0.29) is 18.1 Å². The predicted octanol–water partition coefficient (Wildman–Crippen LogP) is 2.11. The zero-order valence-electron chi connectivity index (χ0n) is 17.9. The Balaban J connectivity index is 1.67. The van der Waals surface area contributed by atoms with Crippen molar-refractivity contribution in [2.45, 2.75) is 6.04 Å². The molecule has 1 unspecified atom stereocenters. The van der Waals surface area contributed by atoms with Gasteiger partial charge in [0, 0.05) is 29.9 Å². The van der Waals surface area contributed by atoms with Crippen LogP contribution in [0.15, 0.2) is 83.8 Å². The number of aliphatic imine (C=N–C) groups is 1. The second kappa shape index (κ2) is 9.73. The zero-order chi connectivity index (χ0) is 23.2. The third-order valence-corrected chi connectivity index (χ3v) is 5.05. The van der Waals surface area contributed by atoms with Gasteiger partial charge in [0.2, 0.25) is 11.8 Å². The standard InChI is InChI=1S/C24H22N6O3/c1-33-24-17(10-6-12-27-24)29-18(31)14-28-22-19(20(25)15-7-3-2-4-8-15)21(30-23(22)32)16-9-5-11-26-13-16/h2-13,21H,14,25H2,1H3,(H,29,31)(H,30,32). The first kappa shape index (κ1) is 21.7. The highest BCUT2D eigenvalue weighted by Crippen LogP contribution is 2.32. The minimum atomic E-state index is -0.536. The lowest BCUT2D eigenvalue weighted by Crippen LogP contribution is -2.23. The number of nitrogens with one attached hydrogen (secondary N) is 2. The van der Waals surface area contributed by atoms with E-state index in [2.05, 4.69) is 25.6 Å². The van der Waals surface area contributed by atoms with Crippen molar-refractivity contribution >= 4 is 28.9 Å². The molecule has 4 rings (SSSR count). The molecule has 0 bridgehead atoms. The van der Waals surface area contributed by atoms with Gasteiger partial charge in [0.15, 0.2) is 0 Å². The van der Waals surface area contributed by atoms with Crippen LogP contribution in [0, 0.1) is 0 Å². The van der Waals surface area contributed by atoms with Crippen molar-refractivity contribution < 1.29 is 14.3 Å². The molecule has 1 aromatic carbocycles. The normalized spacial score (nSPS) is 18.0. The summed E-state index contributed by atoms with van der Waals surface area (Å²) in [6.07, 6.45) is 4.86. The molecule has 2 aromatic heterocycles. The third-order valence-electron chi connectivity index (χ3n) is 5.05. The molecule has 3 heterocycles. The number of nitrogens with zero attached hydrogens (tertiary/aromatic N) is 3. The summed E-state index contributed by atoms with van der Waals surface area (Å²) >= 11 is 0. The van der Waals surface area contributed by atoms with E-state index in [0.29, 0.717) is 17.0 Å². The van der Waals surface area contributed by atoms with Gasteiger partial charge in [-0.2, -0.15) is 0 Å². The molecule has 0 spiro atoms. The van der Waals surface area contributed by atoms with Crippen LogP contribution < -0.4 is 21.1 Å². The fraction of sp³-hybridized carbons (Fsp3) is 0.125. The van der Waals surface area contributed by atoms with E-state index in [1.54, 1.807) is 36.8 Å². The van der Waals surface area contributed by atoms with E-state index in [4.69, 9.17) is 10.5 Å². The number of rotatable bonds is 6. The maximum absolute atomic E-state index is 12.9. The predicted molar refractivity (Wildman–Crippen MR) is 124 cm³/mol. The van der Waals surface area contributed by atoms with Gasteiger partial charge >= 0.3 is 0 Å². The van der Waals surface area contributed by atoms with Crippen molar-refractivity contribution in [3.63, 3.8) is 0 Å². The van der Waals surface area contributed by atoms with Gasteiger partial charge in [-0.25, -0.2) is 4.98 Å². The quantitative estimate of drug-likeness (QED) is 0.536. The van der Waals surface area contributed by atoms with E-state index in [1.165, 1.54) is 7.11 Å². The fourth-order valence-corrected chi connectivity index (χ4v) is 3.53. The average molecular weight is 442 g/mol. The molecule has 4 N–H and O–H groups in total. The highest BCUT2D eigenvalue weighted by molar-refractivity contribution is 6.49. The average Bonchev–Trinajstić information content (AvgIpc) is 3.19. The van der Waals surface area contributed by atoms with Gasteiger partial charge in [-0.05, 0) is 29.3 Å². The SMILES string of the molecule is COc1ncccc1NC(=O)CN=C1C(=O)NC(c2cccnc2)C1=C(N)c1ccccc1. The lowest BCUT2D eigenvalue weighted by Gasteiger charge is -2.15. The smallest absolute Gasteiger partial charge is 0.270 e. The van der Waals surface area contributed by atoms with Crippen molar-refractivity contribution in [2.24, 2.45) is 10.7 Å². The van der Waals surface area contributed by atoms with Crippen LogP contribution in [0.5, 0.6) is 5.88 Å². The molecule has 1 atom stereocenters. The Morgan fingerprint density at radius 3 is 2.67 bits per heavy atom. The molecular formula is C24H22N6O3. The molecular weight excluding hydrogens is 420 g/mol. The Bertz CT molecular complexity index is 1230. The van der Waals surface area contributed by atoms with Crippen molar-refractivity contribution in [2.75, 3.05) is 19.0 Å². The van der Waals surface area contributed by atoms with Gasteiger partial charge in [0.1, 0.15) is 17.9 Å². The van der Waals surface area contributed by atoms with E-state index in [0.717, 1.165) is 11.1 Å². The Hall–Kier alpha value is -4.53. The number of pyridine rings is 2. The molecule has 1 aliphatic heterocycles. The van der Waals surface area contributed by atoms with Crippen molar-refractivity contribution in [1.29, 1.82) is 0 Å². The molecule has 9 heteroatoms. The minimum absolute atomic E-state index is 0.110. The summed E-state index contributed by atoms with van der Waals surface area (Å²) in [5.41, 5.74) is 9.44. The number of ether oxygens (including phenoxy) is 1. The number of anilines is 1. The summed E-state index contributed by atoms with van der Waals surface area (Å²) < 4.78 is 5.15. The number of methoxy groups -OCH3 is 1. The lowest BCUT2D eigenvalue weighted by molar-refractivity contribution is -0.115. The van der Waals surface area contributed by atoms with Gasteiger partial charge in [-0.1, -0.05) is 36.4 Å². The van der Waals surface area contributed by atoms with Crippen LogP contribution in [-0.4, -0.2) is 41.1 Å². The molecule has 33 heavy (non-hydrogen) atoms. The van der Waals surface area contributed by atoms with Gasteiger partial charge in [0.05, 0.1) is 13.2 Å². The number of carbonyl (C=O) groups is 2. The van der Waals surface area contributed by atoms with Crippen LogP contribution in [0.1, 0.15) is 17.2 Å². The van der Waals surface area contributed by atoms with Crippen molar-refractivity contribution in [1.82, 2.24) is 15.3 Å². The highest BCUT2D eigenvalue weighted by Gasteiger charge is 2.37. The summed E-state index contributed by atoms with van der Waals surface area (Å²) in [6, 6.07) is 15.7. The maximum Gasteiger partial charge on any atom is 0.270 e. The second-order valence-corrected chi connectivity index (χ2v) is 7.16. The number of hydrogen-bond acceptors (Lipinski definition) is 7. The van der Waals surface area contributed by atoms with Crippen LogP contribution in [-0.2, 0) is 9.59 Å². The van der Waals surface area contributed by atoms with E-state index in [1.807, 2.05) is 36.4 Å². The second-order valence-electron chi connectivity index (χ2n) is 7.16. The van der Waals surface area contributed by atoms with Crippen LogP contribution in [0.25, 0.3) is 5.70 Å². The summed E-state index contributed by atoms with van der Waals surface area (Å²) in [5, 5.41) is 5.60. The van der Waals surface area contributed by atoms with Crippen molar-refractivity contribution in [3.05, 3.63) is 89.9 Å². The molecule has 166 valence electrons. The number of carbonyl (C=O) groups excluding carboxylic acids is 2. The molecule has 1 saturated heterocycles. The number of nitrogens with two attached hydrogens (primary N) is 1. The highest BCUT2D eigenvalue weighted by atomic mass is 16.5. The van der Waals surface area contributed by atoms with Crippen molar-refractivity contribution in [3.8, 4) is 5.88 Å². The van der Waals surface area contributed by atoms with Crippen LogP contribution in [0.3, 0.4) is 0 Å². The van der Waals surface area contributed by atoms with E-state index >= 15 is 0 Å². The van der Waals surface area contributed by atoms with Gasteiger partial charge in [-0.3, -0.25) is 19.6 Å². The number of aromatic nitrogens is 2. The fourth-order valence-electron chi connectivity index (χ4n) is 3.53. The lowest BCUT2D eigenvalue weighted by atomic mass is 9.95. The van der Waals surface area contributed by atoms with Crippen LogP contribution in [0.4, 0.5) is 5.69 Å². The molecule has 0 radical (unpaired) electrons. The Kier molecular flexibility index (Phi) is 6.40. The molecule has 0 saturated carbocycles. The van der Waals surface area contributed by atoms with E-state index < -0.39 is 17.9 Å². The first-order valence-electron chi connectivity index (χ1n) is 10.2. The Labute approximate surface area is 190 Å². The molecule has 3 aromatic rings. The van der Waals surface area contributed by atoms with Crippen LogP contribution in [0.2, 0.25) is 0 Å². The van der Waals surface area contributed by atoms with Crippen LogP contribution >= 0.6 is 0 Å². The summed E-state index contributed by atoms with van der Waals surface area (Å²) in [6.45, 7) is -0.286. The minimum Gasteiger partial charge on any atom is -0.480 e. The molecule has 0 aliphatic carbocycles. The number of benzene rings is 1. The zero-order valence-corrected chi connectivity index (χ0v) is 17.9.